The Morgan fingerprint density at radius 2 is 1.80 bits per heavy atom. The molecule has 0 aromatic heterocycles. The van der Waals surface area contributed by atoms with Crippen LogP contribution < -0.4 is 5.73 Å². The third-order valence-electron chi connectivity index (χ3n) is 0. The Kier molecular flexibility index (Phi) is 9.52. The molecule has 0 heterocycles. The summed E-state index contributed by atoms with van der Waals surface area (Å²) in [5, 5.41) is 0. The first-order valence-electron chi connectivity index (χ1n) is 0.716. The molecule has 1 nitrogen and oxygen atoms in total. The molecule has 32 valence electrons. The molecule has 0 amide bonds. The molecule has 0 aromatic carbocycles. The van der Waals surface area contributed by atoms with E-state index in [9.17, 15) is 0 Å². The van der Waals surface area contributed by atoms with Gasteiger partial charge in [0.1, 0.15) is 4.32 Å². The molecule has 5 heavy (non-hydrogen) atoms. The molecule has 0 aromatic rings. The van der Waals surface area contributed by atoms with Gasteiger partial charge in [-0.05, 0) is 0 Å². The molecule has 0 aliphatic heterocycles. The van der Waals surface area contributed by atoms with E-state index in [0.717, 1.165) is 0 Å². The minimum atomic E-state index is 0. The van der Waals surface area contributed by atoms with Crippen LogP contribution in [0, 0.1) is 0 Å². The van der Waals surface area contributed by atoms with Gasteiger partial charge in [-0.1, -0.05) is 12.2 Å². The molecule has 4 heteroatoms. The van der Waals surface area contributed by atoms with Gasteiger partial charge in [-0.2, -0.15) is 0 Å². The Morgan fingerprint density at radius 1 is 1.80 bits per heavy atom. The van der Waals surface area contributed by atoms with Gasteiger partial charge in [0.15, 0.2) is 0 Å². The molecule has 0 aliphatic carbocycles. The number of nitrogens with two attached hydrogens (primary N) is 1. The fourth-order valence-corrected chi connectivity index (χ4v) is 0. The summed E-state index contributed by atoms with van der Waals surface area (Å²) >= 11 is 7.65. The van der Waals surface area contributed by atoms with Crippen molar-refractivity contribution >= 4 is 53.6 Å². The Bertz CT molecular complexity index is 32.6. The van der Waals surface area contributed by atoms with Crippen molar-refractivity contribution in [3.05, 3.63) is 0 Å². The summed E-state index contributed by atoms with van der Waals surface area (Å²) in [5.74, 6) is 0. The zero-order valence-electron chi connectivity index (χ0n) is 2.64. The second kappa shape index (κ2) is 5.06. The number of rotatable bonds is 0. The van der Waals surface area contributed by atoms with Crippen LogP contribution in [0.2, 0.25) is 0 Å². The standard InChI is InChI=1S/CH3NS2.Sb.3H/c2-1(3)4;;;;/h(H3,2,3,4);;;;. The Morgan fingerprint density at radius 3 is 1.80 bits per heavy atom. The van der Waals surface area contributed by atoms with Crippen molar-refractivity contribution < 1.29 is 0 Å². The summed E-state index contributed by atoms with van der Waals surface area (Å²) in [5.41, 5.74) is 4.71. The Hall–Kier alpha value is 1.06. The summed E-state index contributed by atoms with van der Waals surface area (Å²) in [4.78, 5) is 0. The number of hydrogen-bond donors (Lipinski definition) is 2. The van der Waals surface area contributed by atoms with Crippen molar-refractivity contribution in [1.82, 2.24) is 0 Å². The van der Waals surface area contributed by atoms with E-state index in [0.29, 0.717) is 0 Å². The molecule has 0 spiro atoms. The summed E-state index contributed by atoms with van der Waals surface area (Å²) < 4.78 is 0.194. The van der Waals surface area contributed by atoms with Crippen LogP contribution in [0.4, 0.5) is 0 Å². The van der Waals surface area contributed by atoms with Gasteiger partial charge >= 0.3 is 24.4 Å². The number of thiocarbonyl (C=S) groups is 1. The summed E-state index contributed by atoms with van der Waals surface area (Å²) in [7, 11) is 0. The van der Waals surface area contributed by atoms with Crippen LogP contribution in [0.25, 0.3) is 0 Å². The van der Waals surface area contributed by atoms with E-state index in [4.69, 9.17) is 5.73 Å². The molecule has 0 bridgehead atoms. The maximum absolute atomic E-state index is 4.71. The zero-order chi connectivity index (χ0) is 3.58. The fraction of sp³-hybridized carbons (Fsp3) is 0. The van der Waals surface area contributed by atoms with Crippen molar-refractivity contribution in [2.24, 2.45) is 5.73 Å². The van der Waals surface area contributed by atoms with E-state index in [2.05, 4.69) is 24.8 Å². The van der Waals surface area contributed by atoms with Crippen molar-refractivity contribution in [3.8, 4) is 0 Å². The average Bonchev–Trinajstić information content (AvgIpc) is 0.811. The van der Waals surface area contributed by atoms with Crippen molar-refractivity contribution in [2.45, 2.75) is 0 Å². The normalized spacial score (nSPS) is 5.00. The summed E-state index contributed by atoms with van der Waals surface area (Å²) in [6.07, 6.45) is 0. The van der Waals surface area contributed by atoms with Crippen LogP contribution in [-0.4, -0.2) is 28.7 Å². The van der Waals surface area contributed by atoms with Gasteiger partial charge in [-0.3, -0.25) is 0 Å². The summed E-state index contributed by atoms with van der Waals surface area (Å²) in [6.45, 7) is 0. The molecule has 0 atom stereocenters. The van der Waals surface area contributed by atoms with Gasteiger partial charge in [-0.15, -0.1) is 12.6 Å². The van der Waals surface area contributed by atoms with Gasteiger partial charge in [-0.25, -0.2) is 0 Å². The Balaban J connectivity index is 0. The molecular weight excluding hydrogens is 212 g/mol. The molecule has 0 fully saturated rings. The van der Waals surface area contributed by atoms with E-state index in [1.807, 2.05) is 0 Å². The topological polar surface area (TPSA) is 26.0 Å². The first-order chi connectivity index (χ1) is 1.73. The van der Waals surface area contributed by atoms with Crippen LogP contribution in [-0.2, 0) is 0 Å². The van der Waals surface area contributed by atoms with Crippen LogP contribution in [0.1, 0.15) is 0 Å². The molecule has 0 saturated carbocycles. The van der Waals surface area contributed by atoms with Gasteiger partial charge in [0, 0.05) is 0 Å². The predicted octanol–water partition coefficient (Wildman–Crippen LogP) is -1.02. The first kappa shape index (κ1) is 9.41. The quantitative estimate of drug-likeness (QED) is 0.309. The van der Waals surface area contributed by atoms with Gasteiger partial charge in [0.25, 0.3) is 0 Å². The average molecular weight is 218 g/mol. The minimum absolute atomic E-state index is 0. The van der Waals surface area contributed by atoms with E-state index in [-0.39, 0.29) is 28.7 Å². The third-order valence-corrected chi connectivity index (χ3v) is 0. The molecular formula is CH6NS2Sb. The van der Waals surface area contributed by atoms with E-state index >= 15 is 0 Å². The molecule has 2 N–H and O–H groups in total. The third kappa shape index (κ3) is 42.2. The maximum atomic E-state index is 4.71. The monoisotopic (exact) mass is 217 g/mol. The first-order valence-corrected chi connectivity index (χ1v) is 1.57. The second-order valence-electron chi connectivity index (χ2n) is 0.338. The van der Waals surface area contributed by atoms with Gasteiger partial charge in [0.05, 0.1) is 0 Å². The Labute approximate surface area is 59.2 Å². The van der Waals surface area contributed by atoms with Crippen molar-refractivity contribution in [3.63, 3.8) is 0 Å². The fourth-order valence-electron chi connectivity index (χ4n) is 0. The van der Waals surface area contributed by atoms with Crippen LogP contribution >= 0.6 is 24.8 Å². The number of thiol groups is 1. The molecule has 0 unspecified atom stereocenters. The van der Waals surface area contributed by atoms with E-state index in [1.165, 1.54) is 0 Å². The SMILES string of the molecule is NC(=S)S.[SbH3]. The van der Waals surface area contributed by atoms with Crippen LogP contribution in [0.5, 0.6) is 0 Å². The van der Waals surface area contributed by atoms with Crippen LogP contribution in [0.15, 0.2) is 0 Å². The summed E-state index contributed by atoms with van der Waals surface area (Å²) in [6, 6.07) is 0. The van der Waals surface area contributed by atoms with Gasteiger partial charge in [0.2, 0.25) is 0 Å². The molecule has 0 saturated heterocycles. The van der Waals surface area contributed by atoms with Crippen molar-refractivity contribution in [1.29, 1.82) is 0 Å². The van der Waals surface area contributed by atoms with Crippen molar-refractivity contribution in [2.75, 3.05) is 0 Å². The van der Waals surface area contributed by atoms with E-state index < -0.39 is 0 Å². The zero-order valence-corrected chi connectivity index (χ0v) is 8.39. The van der Waals surface area contributed by atoms with E-state index in [1.54, 1.807) is 0 Å². The second-order valence-corrected chi connectivity index (χ2v) is 1.56. The van der Waals surface area contributed by atoms with Gasteiger partial charge < -0.3 is 5.73 Å². The van der Waals surface area contributed by atoms with Crippen LogP contribution in [0.3, 0.4) is 0 Å². The predicted molar refractivity (Wildman–Crippen MR) is 35.7 cm³/mol. The molecule has 0 radical (unpaired) electrons. The number of hydrogen-bond acceptors (Lipinski definition) is 1. The molecule has 0 aliphatic rings. The molecule has 0 rings (SSSR count).